The monoisotopic (exact) mass is 227 g/mol. The van der Waals surface area contributed by atoms with E-state index in [0.29, 0.717) is 18.2 Å². The Labute approximate surface area is 98.9 Å². The molecule has 0 aromatic carbocycles. The van der Waals surface area contributed by atoms with E-state index in [-0.39, 0.29) is 0 Å². The lowest BCUT2D eigenvalue weighted by Gasteiger charge is -2.39. The molecule has 2 aliphatic carbocycles. The van der Waals surface area contributed by atoms with E-state index < -0.39 is 0 Å². The first-order valence-electron chi connectivity index (χ1n) is 6.72. The molecule has 16 heavy (non-hydrogen) atoms. The van der Waals surface area contributed by atoms with Crippen LogP contribution in [0.15, 0.2) is 0 Å². The van der Waals surface area contributed by atoms with Crippen molar-refractivity contribution in [3.8, 4) is 0 Å². The Balaban J connectivity index is 1.58. The van der Waals surface area contributed by atoms with Crippen LogP contribution in [0.4, 0.5) is 0 Å². The van der Waals surface area contributed by atoms with E-state index in [1.54, 1.807) is 0 Å². The highest BCUT2D eigenvalue weighted by Gasteiger charge is 2.32. The number of rotatable bonds is 5. The van der Waals surface area contributed by atoms with E-state index in [1.165, 1.54) is 38.5 Å². The molecule has 3 heteroatoms. The fraction of sp³-hybridized carbons (Fsp3) is 1.00. The van der Waals surface area contributed by atoms with E-state index >= 15 is 0 Å². The van der Waals surface area contributed by atoms with Gasteiger partial charge in [-0.25, -0.2) is 0 Å². The fourth-order valence-electron chi connectivity index (χ4n) is 2.87. The zero-order valence-corrected chi connectivity index (χ0v) is 10.6. The maximum Gasteiger partial charge on any atom is 0.0604 e. The lowest BCUT2D eigenvalue weighted by Crippen LogP contribution is -2.50. The third kappa shape index (κ3) is 3.19. The summed E-state index contributed by atoms with van der Waals surface area (Å²) in [5.41, 5.74) is 0. The summed E-state index contributed by atoms with van der Waals surface area (Å²) >= 11 is 0. The van der Waals surface area contributed by atoms with Crippen LogP contribution in [0, 0.1) is 0 Å². The van der Waals surface area contributed by atoms with Crippen LogP contribution in [0.2, 0.25) is 0 Å². The van der Waals surface area contributed by atoms with E-state index in [4.69, 9.17) is 9.47 Å². The van der Waals surface area contributed by atoms with E-state index in [0.717, 1.165) is 12.6 Å². The van der Waals surface area contributed by atoms with E-state index in [9.17, 15) is 0 Å². The van der Waals surface area contributed by atoms with Crippen molar-refractivity contribution >= 4 is 0 Å². The minimum atomic E-state index is 0.510. The Hall–Kier alpha value is -0.120. The molecule has 2 rings (SSSR count). The van der Waals surface area contributed by atoms with Gasteiger partial charge in [0.1, 0.15) is 0 Å². The van der Waals surface area contributed by atoms with Gasteiger partial charge in [-0.2, -0.15) is 0 Å². The van der Waals surface area contributed by atoms with Crippen molar-refractivity contribution < 1.29 is 9.47 Å². The van der Waals surface area contributed by atoms with Gasteiger partial charge >= 0.3 is 0 Å². The predicted molar refractivity (Wildman–Crippen MR) is 64.6 cm³/mol. The van der Waals surface area contributed by atoms with Crippen molar-refractivity contribution in [2.24, 2.45) is 0 Å². The lowest BCUT2D eigenvalue weighted by molar-refractivity contribution is -0.0159. The average molecular weight is 227 g/mol. The van der Waals surface area contributed by atoms with Gasteiger partial charge in [-0.1, -0.05) is 0 Å². The van der Waals surface area contributed by atoms with Crippen LogP contribution in [0.3, 0.4) is 0 Å². The minimum Gasteiger partial charge on any atom is -0.381 e. The van der Waals surface area contributed by atoms with Crippen LogP contribution >= 0.6 is 0 Å². The summed E-state index contributed by atoms with van der Waals surface area (Å²) < 4.78 is 11.0. The molecule has 0 radical (unpaired) electrons. The molecule has 1 N–H and O–H groups in total. The van der Waals surface area contributed by atoms with Gasteiger partial charge in [-0.05, 0) is 45.4 Å². The summed E-state index contributed by atoms with van der Waals surface area (Å²) in [6.07, 6.45) is 8.43. The lowest BCUT2D eigenvalue weighted by atomic mass is 9.86. The first kappa shape index (κ1) is 12.3. The van der Waals surface area contributed by atoms with Crippen molar-refractivity contribution in [2.75, 3.05) is 13.7 Å². The van der Waals surface area contributed by atoms with Gasteiger partial charge in [0.15, 0.2) is 0 Å². The third-order valence-electron chi connectivity index (χ3n) is 3.98. The van der Waals surface area contributed by atoms with Crippen LogP contribution in [0.1, 0.15) is 45.4 Å². The summed E-state index contributed by atoms with van der Waals surface area (Å²) in [5.74, 6) is 0. The molecule has 0 bridgehead atoms. The molecule has 0 amide bonds. The summed E-state index contributed by atoms with van der Waals surface area (Å²) in [7, 11) is 1.83. The van der Waals surface area contributed by atoms with Crippen LogP contribution in [-0.2, 0) is 9.47 Å². The zero-order chi connectivity index (χ0) is 11.4. The largest absolute Gasteiger partial charge is 0.381 e. The van der Waals surface area contributed by atoms with Crippen LogP contribution in [-0.4, -0.2) is 38.0 Å². The van der Waals surface area contributed by atoms with Gasteiger partial charge in [0.25, 0.3) is 0 Å². The quantitative estimate of drug-likeness (QED) is 0.780. The molecule has 0 aromatic heterocycles. The predicted octanol–water partition coefficient (Wildman–Crippen LogP) is 2.10. The normalized spacial score (nSPS) is 39.4. The zero-order valence-electron chi connectivity index (χ0n) is 10.6. The second kappa shape index (κ2) is 5.99. The highest BCUT2D eigenvalue weighted by Crippen LogP contribution is 2.27. The number of hydrogen-bond donors (Lipinski definition) is 1. The minimum absolute atomic E-state index is 0.510. The molecule has 2 aliphatic rings. The second-order valence-electron chi connectivity index (χ2n) is 5.12. The Bertz CT molecular complexity index is 196. The number of hydrogen-bond acceptors (Lipinski definition) is 3. The molecule has 2 saturated carbocycles. The molecule has 0 aliphatic heterocycles. The summed E-state index contributed by atoms with van der Waals surface area (Å²) in [6.45, 7) is 2.93. The molecule has 3 nitrogen and oxygen atoms in total. The molecule has 94 valence electrons. The first-order valence-corrected chi connectivity index (χ1v) is 6.72. The molecule has 0 aromatic rings. The van der Waals surface area contributed by atoms with Gasteiger partial charge in [0, 0.05) is 25.8 Å². The van der Waals surface area contributed by atoms with Crippen molar-refractivity contribution in [3.05, 3.63) is 0 Å². The SMILES string of the molecule is CCOC1CC(NC2CCC(OC)CC2)C1. The first-order chi connectivity index (χ1) is 7.81. The van der Waals surface area contributed by atoms with Crippen molar-refractivity contribution in [2.45, 2.75) is 69.7 Å². The molecule has 0 unspecified atom stereocenters. The summed E-state index contributed by atoms with van der Waals surface area (Å²) in [6, 6.07) is 1.43. The Kier molecular flexibility index (Phi) is 4.62. The smallest absolute Gasteiger partial charge is 0.0604 e. The van der Waals surface area contributed by atoms with Crippen LogP contribution in [0.25, 0.3) is 0 Å². The van der Waals surface area contributed by atoms with E-state index in [2.05, 4.69) is 12.2 Å². The topological polar surface area (TPSA) is 30.5 Å². The molecule has 0 heterocycles. The fourth-order valence-corrected chi connectivity index (χ4v) is 2.87. The van der Waals surface area contributed by atoms with Crippen molar-refractivity contribution in [1.82, 2.24) is 5.32 Å². The molecule has 2 fully saturated rings. The number of methoxy groups -OCH3 is 1. The van der Waals surface area contributed by atoms with Crippen LogP contribution in [0.5, 0.6) is 0 Å². The third-order valence-corrected chi connectivity index (χ3v) is 3.98. The highest BCUT2D eigenvalue weighted by atomic mass is 16.5. The van der Waals surface area contributed by atoms with Gasteiger partial charge in [0.05, 0.1) is 12.2 Å². The maximum absolute atomic E-state index is 5.57. The van der Waals surface area contributed by atoms with Gasteiger partial charge in [-0.3, -0.25) is 0 Å². The standard InChI is InChI=1S/C13H25NO2/c1-3-16-13-8-11(9-13)14-10-4-6-12(15-2)7-5-10/h10-14H,3-9H2,1-2H3. The average Bonchev–Trinajstić information content (AvgIpc) is 2.27. The molecular weight excluding hydrogens is 202 g/mol. The molecule has 0 saturated heterocycles. The van der Waals surface area contributed by atoms with Crippen molar-refractivity contribution in [3.63, 3.8) is 0 Å². The van der Waals surface area contributed by atoms with Crippen molar-refractivity contribution in [1.29, 1.82) is 0 Å². The summed E-state index contributed by atoms with van der Waals surface area (Å²) in [4.78, 5) is 0. The molecule has 0 atom stereocenters. The van der Waals surface area contributed by atoms with Crippen LogP contribution < -0.4 is 5.32 Å². The Morgan fingerprint density at radius 1 is 1.00 bits per heavy atom. The second-order valence-corrected chi connectivity index (χ2v) is 5.12. The maximum atomic E-state index is 5.57. The Morgan fingerprint density at radius 3 is 2.25 bits per heavy atom. The van der Waals surface area contributed by atoms with Gasteiger partial charge in [-0.15, -0.1) is 0 Å². The van der Waals surface area contributed by atoms with Gasteiger partial charge in [0.2, 0.25) is 0 Å². The van der Waals surface area contributed by atoms with Gasteiger partial charge < -0.3 is 14.8 Å². The molecular formula is C13H25NO2. The Morgan fingerprint density at radius 2 is 1.69 bits per heavy atom. The highest BCUT2D eigenvalue weighted by molar-refractivity contribution is 4.89. The summed E-state index contributed by atoms with van der Waals surface area (Å²) in [5, 5.41) is 3.75. The van der Waals surface area contributed by atoms with E-state index in [1.807, 2.05) is 7.11 Å². The number of nitrogens with one attached hydrogen (secondary N) is 1. The number of ether oxygens (including phenoxy) is 2. The molecule has 0 spiro atoms.